The summed E-state index contributed by atoms with van der Waals surface area (Å²) in [5.74, 6) is -0.0568. The Labute approximate surface area is 152 Å². The van der Waals surface area contributed by atoms with Gasteiger partial charge in [-0.15, -0.1) is 0 Å². The van der Waals surface area contributed by atoms with Crippen LogP contribution in [-0.4, -0.2) is 64.9 Å². The summed E-state index contributed by atoms with van der Waals surface area (Å²) in [5.41, 5.74) is 0.759. The molecule has 3 fully saturated rings. The van der Waals surface area contributed by atoms with Gasteiger partial charge in [0.05, 0.1) is 0 Å². The Bertz CT molecular complexity index is 702. The number of fused-ring (bicyclic) bond motifs is 1. The van der Waals surface area contributed by atoms with E-state index in [4.69, 9.17) is 0 Å². The number of carbonyl (C=O) groups is 3. The Hall–Kier alpha value is -2.57. The van der Waals surface area contributed by atoms with E-state index in [1.807, 2.05) is 42.2 Å². The number of para-hydroxylation sites is 1. The number of amides is 5. The average molecular weight is 356 g/mol. The zero-order valence-corrected chi connectivity index (χ0v) is 15.0. The molecule has 3 aliphatic heterocycles. The Morgan fingerprint density at radius 1 is 1.19 bits per heavy atom. The summed E-state index contributed by atoms with van der Waals surface area (Å²) in [6.45, 7) is 4.20. The number of hydrogen-bond donors (Lipinski definition) is 1. The van der Waals surface area contributed by atoms with E-state index < -0.39 is 0 Å². The number of rotatable bonds is 2. The van der Waals surface area contributed by atoms with Crippen LogP contribution in [0.25, 0.3) is 0 Å². The number of carbonyl (C=O) groups excluding carboxylic acids is 3. The van der Waals surface area contributed by atoms with E-state index in [-0.39, 0.29) is 29.4 Å². The molecule has 26 heavy (non-hydrogen) atoms. The molecule has 3 aliphatic rings. The van der Waals surface area contributed by atoms with Gasteiger partial charge in [0.25, 0.3) is 5.91 Å². The molecule has 1 spiro atoms. The summed E-state index contributed by atoms with van der Waals surface area (Å²) in [6.07, 6.45) is 2.38. The van der Waals surface area contributed by atoms with E-state index >= 15 is 0 Å². The zero-order valence-electron chi connectivity index (χ0n) is 15.0. The van der Waals surface area contributed by atoms with Crippen LogP contribution in [0.1, 0.15) is 26.2 Å². The van der Waals surface area contributed by atoms with Crippen LogP contribution < -0.4 is 5.32 Å². The van der Waals surface area contributed by atoms with Gasteiger partial charge in [0, 0.05) is 31.9 Å². The van der Waals surface area contributed by atoms with Gasteiger partial charge in [-0.2, -0.15) is 0 Å². The molecule has 1 unspecified atom stereocenters. The average Bonchev–Trinajstić information content (AvgIpc) is 3.11. The standard InChI is InChI=1S/C19H24N4O3/c1-2-22-16(24)15-12-19(13-23(15)18(22)26)8-10-21(11-9-19)17(25)20-14-6-4-3-5-7-14/h3-7,15H,2,8-13H2,1H3,(H,20,25). The first kappa shape index (κ1) is 16.9. The van der Waals surface area contributed by atoms with Gasteiger partial charge < -0.3 is 15.1 Å². The van der Waals surface area contributed by atoms with Crippen LogP contribution in [0.3, 0.4) is 0 Å². The fourth-order valence-electron chi connectivity index (χ4n) is 4.47. The van der Waals surface area contributed by atoms with Crippen molar-refractivity contribution in [2.45, 2.75) is 32.2 Å². The molecule has 7 heteroatoms. The molecule has 4 rings (SSSR count). The van der Waals surface area contributed by atoms with E-state index in [0.29, 0.717) is 26.2 Å². The van der Waals surface area contributed by atoms with Gasteiger partial charge >= 0.3 is 12.1 Å². The van der Waals surface area contributed by atoms with Crippen LogP contribution >= 0.6 is 0 Å². The van der Waals surface area contributed by atoms with Crippen molar-refractivity contribution in [3.05, 3.63) is 30.3 Å². The first-order chi connectivity index (χ1) is 12.5. The molecule has 3 heterocycles. The van der Waals surface area contributed by atoms with Gasteiger partial charge in [0.2, 0.25) is 0 Å². The van der Waals surface area contributed by atoms with Gasteiger partial charge in [-0.1, -0.05) is 18.2 Å². The first-order valence-electron chi connectivity index (χ1n) is 9.26. The quantitative estimate of drug-likeness (QED) is 0.827. The maximum atomic E-state index is 12.4. The second kappa shape index (κ2) is 6.30. The van der Waals surface area contributed by atoms with Gasteiger partial charge in [0.15, 0.2) is 0 Å². The molecule has 0 bridgehead atoms. The summed E-state index contributed by atoms with van der Waals surface area (Å²) >= 11 is 0. The van der Waals surface area contributed by atoms with E-state index in [1.165, 1.54) is 4.90 Å². The van der Waals surface area contributed by atoms with Gasteiger partial charge in [-0.05, 0) is 43.7 Å². The highest BCUT2D eigenvalue weighted by Crippen LogP contribution is 2.46. The van der Waals surface area contributed by atoms with Crippen LogP contribution in [0.5, 0.6) is 0 Å². The Morgan fingerprint density at radius 3 is 2.50 bits per heavy atom. The number of piperidine rings is 1. The molecule has 1 aromatic rings. The third-order valence-corrected chi connectivity index (χ3v) is 5.99. The topological polar surface area (TPSA) is 73.0 Å². The number of likely N-dealkylation sites (N-methyl/N-ethyl adjacent to an activating group) is 1. The lowest BCUT2D eigenvalue weighted by Crippen LogP contribution is -2.47. The number of hydrogen-bond acceptors (Lipinski definition) is 3. The van der Waals surface area contributed by atoms with E-state index in [2.05, 4.69) is 5.32 Å². The molecule has 1 atom stereocenters. The maximum absolute atomic E-state index is 12.4. The Kier molecular flexibility index (Phi) is 4.09. The van der Waals surface area contributed by atoms with Crippen molar-refractivity contribution in [2.24, 2.45) is 5.41 Å². The normalized spacial score (nSPS) is 24.3. The molecular weight excluding hydrogens is 332 g/mol. The predicted octanol–water partition coefficient (Wildman–Crippen LogP) is 2.36. The number of likely N-dealkylation sites (tertiary alicyclic amines) is 1. The predicted molar refractivity (Wildman–Crippen MR) is 96.6 cm³/mol. The Balaban J connectivity index is 1.37. The van der Waals surface area contributed by atoms with Crippen molar-refractivity contribution >= 4 is 23.7 Å². The van der Waals surface area contributed by atoms with Crippen molar-refractivity contribution in [2.75, 3.05) is 31.5 Å². The molecule has 138 valence electrons. The molecule has 5 amide bonds. The summed E-state index contributed by atoms with van der Waals surface area (Å²) in [7, 11) is 0. The molecular formula is C19H24N4O3. The van der Waals surface area contributed by atoms with E-state index in [9.17, 15) is 14.4 Å². The minimum Gasteiger partial charge on any atom is -0.324 e. The molecule has 0 aromatic heterocycles. The molecule has 3 saturated heterocycles. The van der Waals surface area contributed by atoms with Gasteiger partial charge in [0.1, 0.15) is 6.04 Å². The van der Waals surface area contributed by atoms with Crippen LogP contribution in [0.15, 0.2) is 30.3 Å². The number of benzene rings is 1. The lowest BCUT2D eigenvalue weighted by molar-refractivity contribution is -0.128. The van der Waals surface area contributed by atoms with Gasteiger partial charge in [-0.25, -0.2) is 9.59 Å². The minimum absolute atomic E-state index is 0.0284. The molecule has 0 aliphatic carbocycles. The van der Waals surface area contributed by atoms with E-state index in [0.717, 1.165) is 24.9 Å². The fraction of sp³-hybridized carbons (Fsp3) is 0.526. The van der Waals surface area contributed by atoms with Crippen LogP contribution in [0, 0.1) is 5.41 Å². The molecule has 0 saturated carbocycles. The van der Waals surface area contributed by atoms with Crippen LogP contribution in [0.4, 0.5) is 15.3 Å². The van der Waals surface area contributed by atoms with E-state index in [1.54, 1.807) is 4.90 Å². The molecule has 0 radical (unpaired) electrons. The Morgan fingerprint density at radius 2 is 1.88 bits per heavy atom. The highest BCUT2D eigenvalue weighted by Gasteiger charge is 2.56. The number of nitrogens with one attached hydrogen (secondary N) is 1. The lowest BCUT2D eigenvalue weighted by Gasteiger charge is -2.39. The largest absolute Gasteiger partial charge is 0.327 e. The molecule has 1 N–H and O–H groups in total. The van der Waals surface area contributed by atoms with Crippen molar-refractivity contribution in [1.29, 1.82) is 0 Å². The lowest BCUT2D eigenvalue weighted by atomic mass is 9.76. The third kappa shape index (κ3) is 2.71. The van der Waals surface area contributed by atoms with Crippen molar-refractivity contribution in [3.8, 4) is 0 Å². The second-order valence-corrected chi connectivity index (χ2v) is 7.50. The first-order valence-corrected chi connectivity index (χ1v) is 9.26. The second-order valence-electron chi connectivity index (χ2n) is 7.50. The zero-order chi connectivity index (χ0) is 18.3. The summed E-state index contributed by atoms with van der Waals surface area (Å²) in [4.78, 5) is 42.2. The number of nitrogens with zero attached hydrogens (tertiary/aromatic N) is 3. The monoisotopic (exact) mass is 356 g/mol. The molecule has 7 nitrogen and oxygen atoms in total. The molecule has 1 aromatic carbocycles. The van der Waals surface area contributed by atoms with Crippen molar-refractivity contribution < 1.29 is 14.4 Å². The maximum Gasteiger partial charge on any atom is 0.327 e. The highest BCUT2D eigenvalue weighted by molar-refractivity contribution is 6.04. The SMILES string of the molecule is CCN1C(=O)C2CC3(CCN(C(=O)Nc4ccccc4)CC3)CN2C1=O. The van der Waals surface area contributed by atoms with Gasteiger partial charge in [-0.3, -0.25) is 9.69 Å². The smallest absolute Gasteiger partial charge is 0.324 e. The third-order valence-electron chi connectivity index (χ3n) is 5.99. The number of imide groups is 1. The summed E-state index contributed by atoms with van der Waals surface area (Å²) in [6, 6.07) is 8.89. The summed E-state index contributed by atoms with van der Waals surface area (Å²) in [5, 5.41) is 2.92. The van der Waals surface area contributed by atoms with Crippen LogP contribution in [0.2, 0.25) is 0 Å². The fourth-order valence-corrected chi connectivity index (χ4v) is 4.47. The van der Waals surface area contributed by atoms with Crippen molar-refractivity contribution in [3.63, 3.8) is 0 Å². The number of anilines is 1. The highest BCUT2D eigenvalue weighted by atomic mass is 16.2. The summed E-state index contributed by atoms with van der Waals surface area (Å²) < 4.78 is 0. The van der Waals surface area contributed by atoms with Crippen molar-refractivity contribution in [1.82, 2.24) is 14.7 Å². The number of urea groups is 2. The van der Waals surface area contributed by atoms with Crippen LogP contribution in [-0.2, 0) is 4.79 Å². The minimum atomic E-state index is -0.299.